The first kappa shape index (κ1) is 11.9. The van der Waals surface area contributed by atoms with Gasteiger partial charge in [-0.2, -0.15) is 0 Å². The standard InChI is InChI=1S/C13H22O3/c1-10-4-7-12(8-10,11(14)15)9-13(16)5-2-3-6-13/h10,16H,2-9H2,1H3,(H,14,15). The fraction of sp³-hybridized carbons (Fsp3) is 0.923. The Morgan fingerprint density at radius 1 is 1.31 bits per heavy atom. The van der Waals surface area contributed by atoms with Gasteiger partial charge in [-0.3, -0.25) is 4.79 Å². The number of carbonyl (C=O) groups is 1. The molecule has 2 rings (SSSR count). The monoisotopic (exact) mass is 226 g/mol. The topological polar surface area (TPSA) is 57.5 Å². The smallest absolute Gasteiger partial charge is 0.309 e. The number of hydrogen-bond donors (Lipinski definition) is 2. The van der Waals surface area contributed by atoms with Crippen molar-refractivity contribution in [3.8, 4) is 0 Å². The van der Waals surface area contributed by atoms with E-state index in [2.05, 4.69) is 6.92 Å². The van der Waals surface area contributed by atoms with Gasteiger partial charge in [-0.05, 0) is 44.4 Å². The third-order valence-electron chi connectivity index (χ3n) is 4.51. The van der Waals surface area contributed by atoms with Crippen LogP contribution in [0.25, 0.3) is 0 Å². The maximum atomic E-state index is 11.5. The van der Waals surface area contributed by atoms with E-state index in [1.807, 2.05) is 0 Å². The van der Waals surface area contributed by atoms with E-state index in [0.717, 1.165) is 44.9 Å². The molecule has 0 saturated heterocycles. The second kappa shape index (κ2) is 4.02. The Kier molecular flexibility index (Phi) is 2.99. The summed E-state index contributed by atoms with van der Waals surface area (Å²) in [7, 11) is 0. The summed E-state index contributed by atoms with van der Waals surface area (Å²) in [5.74, 6) is -0.210. The minimum absolute atomic E-state index is 0.472. The molecule has 16 heavy (non-hydrogen) atoms. The van der Waals surface area contributed by atoms with E-state index in [0.29, 0.717) is 12.3 Å². The third-order valence-corrected chi connectivity index (χ3v) is 4.51. The average molecular weight is 226 g/mol. The van der Waals surface area contributed by atoms with E-state index >= 15 is 0 Å². The normalized spacial score (nSPS) is 37.8. The van der Waals surface area contributed by atoms with Crippen molar-refractivity contribution in [3.63, 3.8) is 0 Å². The summed E-state index contributed by atoms with van der Waals surface area (Å²) in [5.41, 5.74) is -1.33. The van der Waals surface area contributed by atoms with Gasteiger partial charge in [0, 0.05) is 0 Å². The highest BCUT2D eigenvalue weighted by Crippen LogP contribution is 2.50. The van der Waals surface area contributed by atoms with Crippen LogP contribution in [0.2, 0.25) is 0 Å². The van der Waals surface area contributed by atoms with Crippen LogP contribution in [0.4, 0.5) is 0 Å². The summed E-state index contributed by atoms with van der Waals surface area (Å²) in [5, 5.41) is 19.8. The zero-order chi connectivity index (χ0) is 11.8. The molecule has 0 amide bonds. The molecule has 0 spiro atoms. The van der Waals surface area contributed by atoms with Crippen LogP contribution in [-0.4, -0.2) is 21.8 Å². The SMILES string of the molecule is CC1CCC(CC2(O)CCCC2)(C(=O)O)C1. The molecule has 92 valence electrons. The van der Waals surface area contributed by atoms with Crippen molar-refractivity contribution in [2.24, 2.45) is 11.3 Å². The van der Waals surface area contributed by atoms with Crippen LogP contribution in [0.5, 0.6) is 0 Å². The first-order valence-electron chi connectivity index (χ1n) is 6.42. The van der Waals surface area contributed by atoms with Crippen molar-refractivity contribution >= 4 is 5.97 Å². The lowest BCUT2D eigenvalue weighted by atomic mass is 9.74. The molecular formula is C13H22O3. The number of carboxylic acids is 1. The molecule has 2 atom stereocenters. The molecule has 2 fully saturated rings. The fourth-order valence-corrected chi connectivity index (χ4v) is 3.66. The fourth-order valence-electron chi connectivity index (χ4n) is 3.66. The molecule has 0 aromatic carbocycles. The van der Waals surface area contributed by atoms with Crippen molar-refractivity contribution in [3.05, 3.63) is 0 Å². The van der Waals surface area contributed by atoms with Crippen molar-refractivity contribution in [2.75, 3.05) is 0 Å². The van der Waals surface area contributed by atoms with Crippen LogP contribution in [0.3, 0.4) is 0 Å². The van der Waals surface area contributed by atoms with Gasteiger partial charge in [-0.1, -0.05) is 19.8 Å². The molecule has 2 N–H and O–H groups in total. The van der Waals surface area contributed by atoms with Crippen molar-refractivity contribution in [1.82, 2.24) is 0 Å². The van der Waals surface area contributed by atoms with Crippen LogP contribution in [0.15, 0.2) is 0 Å². The van der Waals surface area contributed by atoms with Crippen LogP contribution >= 0.6 is 0 Å². The molecule has 0 aliphatic heterocycles. The van der Waals surface area contributed by atoms with E-state index in [1.54, 1.807) is 0 Å². The van der Waals surface area contributed by atoms with Gasteiger partial charge >= 0.3 is 5.97 Å². The number of aliphatic hydroxyl groups is 1. The summed E-state index contributed by atoms with van der Waals surface area (Å²) >= 11 is 0. The van der Waals surface area contributed by atoms with Gasteiger partial charge in [0.25, 0.3) is 0 Å². The van der Waals surface area contributed by atoms with Crippen molar-refractivity contribution in [2.45, 2.75) is 63.9 Å². The van der Waals surface area contributed by atoms with Crippen molar-refractivity contribution < 1.29 is 15.0 Å². The molecule has 0 aromatic heterocycles. The van der Waals surface area contributed by atoms with E-state index < -0.39 is 17.0 Å². The predicted molar refractivity (Wildman–Crippen MR) is 61.1 cm³/mol. The molecule has 2 aliphatic rings. The Balaban J connectivity index is 2.12. The molecule has 3 heteroatoms. The molecule has 2 saturated carbocycles. The lowest BCUT2D eigenvalue weighted by molar-refractivity contribution is -0.153. The second-order valence-electron chi connectivity index (χ2n) is 6.04. The van der Waals surface area contributed by atoms with E-state index in [9.17, 15) is 15.0 Å². The molecule has 0 aromatic rings. The van der Waals surface area contributed by atoms with Gasteiger partial charge in [-0.15, -0.1) is 0 Å². The largest absolute Gasteiger partial charge is 0.481 e. The van der Waals surface area contributed by atoms with Gasteiger partial charge < -0.3 is 10.2 Å². The highest BCUT2D eigenvalue weighted by atomic mass is 16.4. The maximum absolute atomic E-state index is 11.5. The highest BCUT2D eigenvalue weighted by Gasteiger charge is 2.49. The Morgan fingerprint density at radius 2 is 1.94 bits per heavy atom. The lowest BCUT2D eigenvalue weighted by Gasteiger charge is -2.33. The Bertz CT molecular complexity index is 281. The average Bonchev–Trinajstić information content (AvgIpc) is 2.75. The van der Waals surface area contributed by atoms with Gasteiger partial charge in [0.2, 0.25) is 0 Å². The molecule has 0 bridgehead atoms. The van der Waals surface area contributed by atoms with E-state index in [4.69, 9.17) is 0 Å². The Labute approximate surface area is 96.9 Å². The third kappa shape index (κ3) is 2.10. The summed E-state index contributed by atoms with van der Waals surface area (Å²) in [6.07, 6.45) is 6.61. The van der Waals surface area contributed by atoms with Crippen LogP contribution in [-0.2, 0) is 4.79 Å². The quantitative estimate of drug-likeness (QED) is 0.777. The molecule has 0 radical (unpaired) electrons. The van der Waals surface area contributed by atoms with Gasteiger partial charge in [0.05, 0.1) is 11.0 Å². The number of aliphatic carboxylic acids is 1. The molecule has 0 heterocycles. The van der Waals surface area contributed by atoms with Crippen LogP contribution in [0, 0.1) is 11.3 Å². The number of carboxylic acid groups (broad SMARTS) is 1. The zero-order valence-electron chi connectivity index (χ0n) is 10.0. The zero-order valence-corrected chi connectivity index (χ0v) is 10.0. The minimum Gasteiger partial charge on any atom is -0.481 e. The number of rotatable bonds is 3. The molecule has 2 unspecified atom stereocenters. The van der Waals surface area contributed by atoms with Gasteiger partial charge in [0.15, 0.2) is 0 Å². The summed E-state index contributed by atoms with van der Waals surface area (Å²) in [6, 6.07) is 0. The first-order valence-corrected chi connectivity index (χ1v) is 6.42. The molecule has 2 aliphatic carbocycles. The van der Waals surface area contributed by atoms with Crippen LogP contribution in [0.1, 0.15) is 58.3 Å². The van der Waals surface area contributed by atoms with Crippen molar-refractivity contribution in [1.29, 1.82) is 0 Å². The lowest BCUT2D eigenvalue weighted by Crippen LogP contribution is -2.38. The Hall–Kier alpha value is -0.570. The minimum atomic E-state index is -0.697. The molecule has 3 nitrogen and oxygen atoms in total. The predicted octanol–water partition coefficient (Wildman–Crippen LogP) is 2.57. The van der Waals surface area contributed by atoms with Gasteiger partial charge in [0.1, 0.15) is 0 Å². The van der Waals surface area contributed by atoms with E-state index in [-0.39, 0.29) is 0 Å². The second-order valence-corrected chi connectivity index (χ2v) is 6.04. The summed E-state index contributed by atoms with van der Waals surface area (Å²) in [6.45, 7) is 2.11. The number of hydrogen-bond acceptors (Lipinski definition) is 2. The maximum Gasteiger partial charge on any atom is 0.309 e. The van der Waals surface area contributed by atoms with Gasteiger partial charge in [-0.25, -0.2) is 0 Å². The molecular weight excluding hydrogens is 204 g/mol. The van der Waals surface area contributed by atoms with E-state index in [1.165, 1.54) is 0 Å². The first-order chi connectivity index (χ1) is 7.46. The summed E-state index contributed by atoms with van der Waals surface area (Å²) < 4.78 is 0. The highest BCUT2D eigenvalue weighted by molar-refractivity contribution is 5.75. The Morgan fingerprint density at radius 3 is 2.38 bits per heavy atom. The summed E-state index contributed by atoms with van der Waals surface area (Å²) in [4.78, 5) is 11.5. The van der Waals surface area contributed by atoms with Crippen LogP contribution < -0.4 is 0 Å².